The molecule has 40 heavy (non-hydrogen) atoms. The first-order chi connectivity index (χ1) is 18.9. The molecule has 2 aromatic carbocycles. The number of aromatic amines is 1. The maximum absolute atomic E-state index is 13.4. The molecule has 0 saturated carbocycles. The van der Waals surface area contributed by atoms with Crippen LogP contribution in [-0.2, 0) is 14.0 Å². The lowest BCUT2D eigenvalue weighted by molar-refractivity contribution is -0.122. The zero-order valence-electron chi connectivity index (χ0n) is 23.1. The van der Waals surface area contributed by atoms with Crippen LogP contribution in [0.3, 0.4) is 0 Å². The van der Waals surface area contributed by atoms with Gasteiger partial charge in [0.05, 0.1) is 28.8 Å². The lowest BCUT2D eigenvalue weighted by atomic mass is 9.95. The largest absolute Gasteiger partial charge is 0.410 e. The van der Waals surface area contributed by atoms with Crippen molar-refractivity contribution >= 4 is 76.3 Å². The van der Waals surface area contributed by atoms with Gasteiger partial charge in [0.15, 0.2) is 8.32 Å². The average molecular weight is 593 g/mol. The first-order valence-corrected chi connectivity index (χ1v) is 17.1. The number of nitrogens with one attached hydrogen (secondary N) is 2. The number of hydrogen-bond acceptors (Lipinski definition) is 3. The number of hydrogen-bond donors (Lipinski definition) is 2. The maximum Gasteiger partial charge on any atom is 0.259 e. The summed E-state index contributed by atoms with van der Waals surface area (Å²) >= 11 is 13.7. The second-order valence-corrected chi connectivity index (χ2v) is 17.6. The Labute approximate surface area is 244 Å². The van der Waals surface area contributed by atoms with E-state index in [1.54, 1.807) is 12.3 Å². The topological polar surface area (TPSA) is 76.1 Å². The van der Waals surface area contributed by atoms with E-state index in [4.69, 9.17) is 27.6 Å². The number of nitrogens with zero attached hydrogens (tertiary/aromatic N) is 1. The third kappa shape index (κ3) is 4.27. The van der Waals surface area contributed by atoms with Crippen molar-refractivity contribution in [2.24, 2.45) is 0 Å². The maximum atomic E-state index is 13.4. The molecule has 0 spiro atoms. The molecule has 4 aromatic rings. The number of H-pyrrole nitrogens is 1. The molecule has 206 valence electrons. The Kier molecular flexibility index (Phi) is 6.42. The van der Waals surface area contributed by atoms with Gasteiger partial charge in [0.25, 0.3) is 11.8 Å². The lowest BCUT2D eigenvalue weighted by Gasteiger charge is -2.38. The van der Waals surface area contributed by atoms with Gasteiger partial charge in [-0.2, -0.15) is 0 Å². The Morgan fingerprint density at radius 1 is 0.975 bits per heavy atom. The highest BCUT2D eigenvalue weighted by Crippen LogP contribution is 2.46. The zero-order chi connectivity index (χ0) is 28.6. The second kappa shape index (κ2) is 9.48. The number of aromatic nitrogens is 2. The summed E-state index contributed by atoms with van der Waals surface area (Å²) in [4.78, 5) is 29.8. The Hall–Kier alpha value is -3.10. The second-order valence-electron chi connectivity index (χ2n) is 12.1. The van der Waals surface area contributed by atoms with Gasteiger partial charge in [0.1, 0.15) is 5.15 Å². The monoisotopic (exact) mass is 591 g/mol. The summed E-state index contributed by atoms with van der Waals surface area (Å²) in [5, 5.41) is 5.15. The predicted molar refractivity (Wildman–Crippen MR) is 165 cm³/mol. The number of rotatable bonds is 5. The van der Waals surface area contributed by atoms with Crippen molar-refractivity contribution in [2.75, 3.05) is 0 Å². The summed E-state index contributed by atoms with van der Waals surface area (Å²) in [6.45, 7) is 11.2. The quantitative estimate of drug-likeness (QED) is 0.141. The van der Waals surface area contributed by atoms with Crippen molar-refractivity contribution in [3.8, 4) is 0 Å². The molecular formula is C31H31Cl2N3O3Si. The van der Waals surface area contributed by atoms with E-state index in [1.807, 2.05) is 41.0 Å². The Morgan fingerprint density at radius 3 is 2.45 bits per heavy atom. The minimum Gasteiger partial charge on any atom is -0.410 e. The van der Waals surface area contributed by atoms with Crippen LogP contribution in [0.15, 0.2) is 60.8 Å². The highest BCUT2D eigenvalue weighted by atomic mass is 35.5. The molecular weight excluding hydrogens is 561 g/mol. The van der Waals surface area contributed by atoms with Gasteiger partial charge in [-0.15, -0.1) is 0 Å². The molecule has 1 aliphatic carbocycles. The average Bonchev–Trinajstić information content (AvgIpc) is 3.62. The van der Waals surface area contributed by atoms with Gasteiger partial charge in [-0.1, -0.05) is 80.4 Å². The molecule has 2 N–H and O–H groups in total. The normalized spacial score (nSPS) is 20.0. The number of fused-ring (bicyclic) bond motifs is 2. The van der Waals surface area contributed by atoms with Crippen LogP contribution in [-0.4, -0.2) is 35.8 Å². The van der Waals surface area contributed by atoms with Crippen LogP contribution in [0.5, 0.6) is 0 Å². The van der Waals surface area contributed by atoms with Crippen LogP contribution < -0.4 is 5.32 Å². The molecule has 0 fully saturated rings. The molecule has 2 atom stereocenters. The molecule has 0 unspecified atom stereocenters. The first-order valence-electron chi connectivity index (χ1n) is 13.4. The smallest absolute Gasteiger partial charge is 0.259 e. The van der Waals surface area contributed by atoms with Crippen molar-refractivity contribution < 1.29 is 14.0 Å². The third-order valence-corrected chi connectivity index (χ3v) is 13.7. The van der Waals surface area contributed by atoms with Gasteiger partial charge in [-0.3, -0.25) is 14.9 Å². The van der Waals surface area contributed by atoms with Gasteiger partial charge < -0.3 is 14.0 Å². The first kappa shape index (κ1) is 27.1. The minimum atomic E-state index is -1.99. The Morgan fingerprint density at radius 2 is 1.70 bits per heavy atom. The fourth-order valence-electron chi connectivity index (χ4n) is 5.53. The SMILES string of the molecule is CC(C)(C)[Si](C)(C)O[C@H]1C=C[C@H](n2c(Cl)c(C3=C(c4c[nH]c5ccccc45)C(=O)NC3=O)c3ccc(Cl)cc32)C1. The van der Waals surface area contributed by atoms with Crippen molar-refractivity contribution in [1.29, 1.82) is 0 Å². The number of imide groups is 1. The number of carbonyl (C=O) groups excluding carboxylic acids is 2. The zero-order valence-corrected chi connectivity index (χ0v) is 25.6. The van der Waals surface area contributed by atoms with Crippen molar-refractivity contribution in [3.63, 3.8) is 0 Å². The molecule has 2 aliphatic rings. The molecule has 2 aromatic heterocycles. The van der Waals surface area contributed by atoms with Crippen molar-refractivity contribution in [3.05, 3.63) is 82.1 Å². The number of allylic oxidation sites excluding steroid dienone is 1. The number of amides is 2. The summed E-state index contributed by atoms with van der Waals surface area (Å²) in [5.41, 5.74) is 3.43. The molecule has 0 radical (unpaired) electrons. The van der Waals surface area contributed by atoms with Crippen LogP contribution in [0, 0.1) is 0 Å². The number of halogens is 2. The van der Waals surface area contributed by atoms with E-state index >= 15 is 0 Å². The summed E-state index contributed by atoms with van der Waals surface area (Å²) < 4.78 is 8.70. The van der Waals surface area contributed by atoms with Crippen LogP contribution in [0.25, 0.3) is 33.0 Å². The van der Waals surface area contributed by atoms with Gasteiger partial charge in [-0.25, -0.2) is 0 Å². The van der Waals surface area contributed by atoms with Gasteiger partial charge in [0, 0.05) is 45.1 Å². The number of benzene rings is 2. The van der Waals surface area contributed by atoms with Crippen LogP contribution in [0.2, 0.25) is 28.3 Å². The number of para-hydroxylation sites is 1. The highest BCUT2D eigenvalue weighted by molar-refractivity contribution is 6.74. The van der Waals surface area contributed by atoms with Crippen LogP contribution in [0.1, 0.15) is 44.4 Å². The van der Waals surface area contributed by atoms with E-state index < -0.39 is 20.1 Å². The lowest BCUT2D eigenvalue weighted by Crippen LogP contribution is -2.43. The van der Waals surface area contributed by atoms with Gasteiger partial charge in [0.2, 0.25) is 0 Å². The Bertz CT molecular complexity index is 1770. The standard InChI is InChI=1S/C31H31Cl2N3O3Si/c1-31(2,3)40(4,5)39-19-12-11-18(15-19)36-24-14-17(32)10-13-21(24)25(28(36)33)27-26(29(37)35-30(27)38)22-16-34-23-9-7-6-8-20(22)23/h6-14,16,18-19,34H,15H2,1-5H3,(H,35,37,38)/t18-,19-/m0/s1. The van der Waals surface area contributed by atoms with E-state index in [2.05, 4.69) is 56.3 Å². The highest BCUT2D eigenvalue weighted by Gasteiger charge is 2.41. The van der Waals surface area contributed by atoms with Crippen LogP contribution in [0.4, 0.5) is 0 Å². The molecule has 6 nitrogen and oxygen atoms in total. The Balaban J connectivity index is 1.51. The molecule has 9 heteroatoms. The van der Waals surface area contributed by atoms with Gasteiger partial charge >= 0.3 is 0 Å². The minimum absolute atomic E-state index is 0.0422. The van der Waals surface area contributed by atoms with E-state index in [-0.39, 0.29) is 22.8 Å². The van der Waals surface area contributed by atoms with Crippen molar-refractivity contribution in [2.45, 2.75) is 57.5 Å². The molecule has 3 heterocycles. The fraction of sp³-hybridized carbons (Fsp3) is 0.290. The molecule has 6 rings (SSSR count). The molecule has 1 aliphatic heterocycles. The van der Waals surface area contributed by atoms with E-state index in [1.165, 1.54) is 0 Å². The molecule has 0 bridgehead atoms. The fourth-order valence-corrected chi connectivity index (χ4v) is 7.39. The van der Waals surface area contributed by atoms with E-state index in [0.717, 1.165) is 21.8 Å². The van der Waals surface area contributed by atoms with Crippen LogP contribution >= 0.6 is 23.2 Å². The predicted octanol–water partition coefficient (Wildman–Crippen LogP) is 7.89. The number of carbonyl (C=O) groups is 2. The van der Waals surface area contributed by atoms with E-state index in [9.17, 15) is 9.59 Å². The summed E-state index contributed by atoms with van der Waals surface area (Å²) in [6, 6.07) is 13.1. The summed E-state index contributed by atoms with van der Waals surface area (Å²) in [5.74, 6) is -0.915. The van der Waals surface area contributed by atoms with Crippen molar-refractivity contribution in [1.82, 2.24) is 14.9 Å². The molecule has 0 saturated heterocycles. The molecule has 2 amide bonds. The van der Waals surface area contributed by atoms with E-state index in [0.29, 0.717) is 33.3 Å². The summed E-state index contributed by atoms with van der Waals surface area (Å²) in [7, 11) is -1.99. The van der Waals surface area contributed by atoms with Gasteiger partial charge in [-0.05, 0) is 36.3 Å². The summed E-state index contributed by atoms with van der Waals surface area (Å²) in [6.07, 6.45) is 6.66. The third-order valence-electron chi connectivity index (χ3n) is 8.55.